The molecule has 1 aliphatic carbocycles. The highest BCUT2D eigenvalue weighted by atomic mass is 19.1. The Morgan fingerprint density at radius 2 is 2.21 bits per heavy atom. The molecule has 1 aliphatic rings. The van der Waals surface area contributed by atoms with Gasteiger partial charge >= 0.3 is 0 Å². The monoisotopic (exact) mass is 268 g/mol. The Labute approximate surface area is 111 Å². The number of amides is 1. The number of hydrogen-bond acceptors (Lipinski definition) is 2. The molecule has 104 valence electrons. The van der Waals surface area contributed by atoms with E-state index in [1.54, 1.807) is 0 Å². The standard InChI is InChI=1S/C14H18F2N2O/c1-9-3-2-6-14(17,8-9)13(19)18-12-5-4-10(15)7-11(12)16/h4-5,7,9H,2-3,6,8,17H2,1H3,(H,18,19). The minimum absolute atomic E-state index is 0.0329. The van der Waals surface area contributed by atoms with Crippen molar-refractivity contribution in [2.75, 3.05) is 5.32 Å². The molecular formula is C14H18F2N2O. The van der Waals surface area contributed by atoms with Crippen molar-refractivity contribution in [1.29, 1.82) is 0 Å². The zero-order chi connectivity index (χ0) is 14.0. The zero-order valence-electron chi connectivity index (χ0n) is 10.9. The lowest BCUT2D eigenvalue weighted by atomic mass is 9.76. The van der Waals surface area contributed by atoms with E-state index in [2.05, 4.69) is 5.32 Å². The van der Waals surface area contributed by atoms with Crippen LogP contribution in [0.15, 0.2) is 18.2 Å². The molecule has 3 nitrogen and oxygen atoms in total. The lowest BCUT2D eigenvalue weighted by molar-refractivity contribution is -0.122. The van der Waals surface area contributed by atoms with E-state index < -0.39 is 23.1 Å². The minimum Gasteiger partial charge on any atom is -0.322 e. The predicted molar refractivity (Wildman–Crippen MR) is 69.5 cm³/mol. The first-order valence-electron chi connectivity index (χ1n) is 6.46. The summed E-state index contributed by atoms with van der Waals surface area (Å²) in [6.07, 6.45) is 3.11. The van der Waals surface area contributed by atoms with Crippen LogP contribution in [0.2, 0.25) is 0 Å². The van der Waals surface area contributed by atoms with Crippen molar-refractivity contribution < 1.29 is 13.6 Å². The van der Waals surface area contributed by atoms with Crippen LogP contribution in [0.3, 0.4) is 0 Å². The summed E-state index contributed by atoms with van der Waals surface area (Å²) in [6.45, 7) is 2.05. The molecule has 1 saturated carbocycles. The molecule has 19 heavy (non-hydrogen) atoms. The summed E-state index contributed by atoms with van der Waals surface area (Å²) in [5.74, 6) is -1.49. The van der Waals surface area contributed by atoms with Crippen molar-refractivity contribution in [3.05, 3.63) is 29.8 Å². The van der Waals surface area contributed by atoms with E-state index in [1.165, 1.54) is 6.07 Å². The van der Waals surface area contributed by atoms with Gasteiger partial charge in [-0.1, -0.05) is 19.8 Å². The van der Waals surface area contributed by atoms with E-state index in [4.69, 9.17) is 5.73 Å². The maximum absolute atomic E-state index is 13.5. The number of halogens is 2. The number of hydrogen-bond donors (Lipinski definition) is 2. The molecule has 0 aliphatic heterocycles. The maximum atomic E-state index is 13.5. The molecule has 1 fully saturated rings. The van der Waals surface area contributed by atoms with Gasteiger partial charge in [-0.15, -0.1) is 0 Å². The van der Waals surface area contributed by atoms with Gasteiger partial charge in [0.25, 0.3) is 0 Å². The molecule has 2 atom stereocenters. The lowest BCUT2D eigenvalue weighted by Crippen LogP contribution is -2.53. The van der Waals surface area contributed by atoms with Crippen LogP contribution in [-0.2, 0) is 4.79 Å². The van der Waals surface area contributed by atoms with Crippen LogP contribution in [0.5, 0.6) is 0 Å². The fourth-order valence-corrected chi connectivity index (χ4v) is 2.64. The van der Waals surface area contributed by atoms with E-state index in [0.717, 1.165) is 25.0 Å². The fraction of sp³-hybridized carbons (Fsp3) is 0.500. The predicted octanol–water partition coefficient (Wildman–Crippen LogP) is 2.81. The largest absolute Gasteiger partial charge is 0.322 e. The molecule has 1 aromatic rings. The van der Waals surface area contributed by atoms with Gasteiger partial charge in [-0.25, -0.2) is 8.78 Å². The summed E-state index contributed by atoms with van der Waals surface area (Å²) in [7, 11) is 0. The number of nitrogens with one attached hydrogen (secondary N) is 1. The van der Waals surface area contributed by atoms with Crippen LogP contribution in [0.25, 0.3) is 0 Å². The number of anilines is 1. The molecule has 5 heteroatoms. The van der Waals surface area contributed by atoms with E-state index in [0.29, 0.717) is 18.8 Å². The highest BCUT2D eigenvalue weighted by Crippen LogP contribution is 2.31. The smallest absolute Gasteiger partial charge is 0.244 e. The van der Waals surface area contributed by atoms with Crippen LogP contribution in [-0.4, -0.2) is 11.4 Å². The molecule has 0 radical (unpaired) electrons. The van der Waals surface area contributed by atoms with Crippen LogP contribution in [0.4, 0.5) is 14.5 Å². The first-order valence-corrected chi connectivity index (χ1v) is 6.46. The van der Waals surface area contributed by atoms with Crippen LogP contribution in [0, 0.1) is 17.6 Å². The fourth-order valence-electron chi connectivity index (χ4n) is 2.64. The van der Waals surface area contributed by atoms with E-state index in [9.17, 15) is 13.6 Å². The van der Waals surface area contributed by atoms with Gasteiger partial charge in [0.15, 0.2) is 0 Å². The normalized spacial score (nSPS) is 27.1. The molecular weight excluding hydrogens is 250 g/mol. The van der Waals surface area contributed by atoms with Gasteiger partial charge in [-0.2, -0.15) is 0 Å². The average molecular weight is 268 g/mol. The van der Waals surface area contributed by atoms with Gasteiger partial charge in [-0.05, 0) is 30.9 Å². The summed E-state index contributed by atoms with van der Waals surface area (Å²) in [6, 6.07) is 3.05. The van der Waals surface area contributed by atoms with E-state index >= 15 is 0 Å². The topological polar surface area (TPSA) is 55.1 Å². The summed E-state index contributed by atoms with van der Waals surface area (Å²) in [5.41, 5.74) is 5.12. The van der Waals surface area contributed by atoms with Gasteiger partial charge in [-0.3, -0.25) is 4.79 Å². The third-order valence-electron chi connectivity index (χ3n) is 3.66. The first kappa shape index (κ1) is 13.9. The highest BCUT2D eigenvalue weighted by molar-refractivity contribution is 5.98. The number of nitrogens with two attached hydrogens (primary N) is 1. The molecule has 2 unspecified atom stereocenters. The van der Waals surface area contributed by atoms with Gasteiger partial charge in [0, 0.05) is 6.07 Å². The third-order valence-corrected chi connectivity index (χ3v) is 3.66. The Bertz CT molecular complexity index is 492. The Hall–Kier alpha value is -1.49. The Morgan fingerprint density at radius 3 is 2.84 bits per heavy atom. The number of benzene rings is 1. The van der Waals surface area contributed by atoms with Crippen molar-refractivity contribution in [3.8, 4) is 0 Å². The van der Waals surface area contributed by atoms with E-state index in [-0.39, 0.29) is 5.69 Å². The highest BCUT2D eigenvalue weighted by Gasteiger charge is 2.38. The quantitative estimate of drug-likeness (QED) is 0.866. The SMILES string of the molecule is CC1CCCC(N)(C(=O)Nc2ccc(F)cc2F)C1. The molecule has 1 aromatic carbocycles. The third kappa shape index (κ3) is 3.10. The van der Waals surface area contributed by atoms with Crippen LogP contribution in [0.1, 0.15) is 32.6 Å². The second-order valence-electron chi connectivity index (χ2n) is 5.44. The summed E-state index contributed by atoms with van der Waals surface area (Å²) in [4.78, 5) is 12.2. The number of carbonyl (C=O) groups is 1. The Morgan fingerprint density at radius 1 is 1.47 bits per heavy atom. The maximum Gasteiger partial charge on any atom is 0.244 e. The van der Waals surface area contributed by atoms with Crippen LogP contribution < -0.4 is 11.1 Å². The van der Waals surface area contributed by atoms with Gasteiger partial charge in [0.2, 0.25) is 5.91 Å². The number of rotatable bonds is 2. The zero-order valence-corrected chi connectivity index (χ0v) is 10.9. The summed E-state index contributed by atoms with van der Waals surface area (Å²) < 4.78 is 26.3. The number of carbonyl (C=O) groups excluding carboxylic acids is 1. The van der Waals surface area contributed by atoms with Crippen molar-refractivity contribution in [3.63, 3.8) is 0 Å². The van der Waals surface area contributed by atoms with Crippen molar-refractivity contribution in [2.24, 2.45) is 11.7 Å². The molecule has 0 aromatic heterocycles. The molecule has 1 amide bonds. The Balaban J connectivity index is 2.12. The summed E-state index contributed by atoms with van der Waals surface area (Å²) in [5, 5.41) is 2.46. The summed E-state index contributed by atoms with van der Waals surface area (Å²) >= 11 is 0. The second-order valence-corrected chi connectivity index (χ2v) is 5.44. The molecule has 0 spiro atoms. The van der Waals surface area contributed by atoms with Gasteiger partial charge in [0.05, 0.1) is 11.2 Å². The Kier molecular flexibility index (Phi) is 3.85. The second kappa shape index (κ2) is 5.25. The molecule has 2 rings (SSSR count). The van der Waals surface area contributed by atoms with Crippen LogP contribution >= 0.6 is 0 Å². The lowest BCUT2D eigenvalue weighted by Gasteiger charge is -2.35. The average Bonchev–Trinajstić information content (AvgIpc) is 2.32. The van der Waals surface area contributed by atoms with Crippen molar-refractivity contribution in [2.45, 2.75) is 38.1 Å². The van der Waals surface area contributed by atoms with Gasteiger partial charge < -0.3 is 11.1 Å². The molecule has 0 saturated heterocycles. The van der Waals surface area contributed by atoms with Gasteiger partial charge in [0.1, 0.15) is 11.6 Å². The van der Waals surface area contributed by atoms with Crippen molar-refractivity contribution in [1.82, 2.24) is 0 Å². The molecule has 3 N–H and O–H groups in total. The minimum atomic E-state index is -0.960. The first-order chi connectivity index (χ1) is 8.90. The van der Waals surface area contributed by atoms with Crippen molar-refractivity contribution >= 4 is 11.6 Å². The van der Waals surface area contributed by atoms with E-state index in [1.807, 2.05) is 6.92 Å². The molecule has 0 bridgehead atoms. The molecule has 0 heterocycles.